The number of thiophene rings is 1. The summed E-state index contributed by atoms with van der Waals surface area (Å²) in [6, 6.07) is 7.59. The molecule has 4 rings (SSSR count). The van der Waals surface area contributed by atoms with Crippen molar-refractivity contribution in [2.24, 2.45) is 17.3 Å². The average molecular weight is 453 g/mol. The van der Waals surface area contributed by atoms with E-state index >= 15 is 0 Å². The number of benzene rings is 1. The molecule has 1 aromatic heterocycles. The van der Waals surface area contributed by atoms with Gasteiger partial charge in [0.15, 0.2) is 0 Å². The van der Waals surface area contributed by atoms with Crippen LogP contribution in [-0.2, 0) is 12.8 Å². The summed E-state index contributed by atoms with van der Waals surface area (Å²) in [6.45, 7) is 12.8. The summed E-state index contributed by atoms with van der Waals surface area (Å²) in [5.74, 6) is 1.22. The number of anilines is 1. The maximum atomic E-state index is 13.7. The molecule has 1 aliphatic heterocycles. The van der Waals surface area contributed by atoms with Crippen LogP contribution in [0.25, 0.3) is 0 Å². The number of amides is 2. The van der Waals surface area contributed by atoms with Gasteiger partial charge in [-0.3, -0.25) is 9.59 Å². The Bertz CT molecular complexity index is 992. The van der Waals surface area contributed by atoms with E-state index < -0.39 is 0 Å². The Balaban J connectivity index is 1.66. The van der Waals surface area contributed by atoms with Gasteiger partial charge in [0, 0.05) is 23.5 Å². The molecule has 1 atom stereocenters. The zero-order chi connectivity index (χ0) is 23.0. The molecule has 2 aliphatic rings. The van der Waals surface area contributed by atoms with Crippen molar-refractivity contribution in [3.8, 4) is 0 Å². The number of likely N-dealkylation sites (tertiary alicyclic amines) is 1. The van der Waals surface area contributed by atoms with Gasteiger partial charge in [0.1, 0.15) is 5.00 Å². The van der Waals surface area contributed by atoms with Gasteiger partial charge in [-0.1, -0.05) is 45.4 Å². The van der Waals surface area contributed by atoms with Gasteiger partial charge in [0.2, 0.25) is 0 Å². The van der Waals surface area contributed by atoms with Crippen LogP contribution < -0.4 is 5.32 Å². The minimum Gasteiger partial charge on any atom is -0.339 e. The first-order valence-electron chi connectivity index (χ1n) is 12.0. The van der Waals surface area contributed by atoms with Crippen molar-refractivity contribution in [3.05, 3.63) is 51.4 Å². The maximum absolute atomic E-state index is 13.7. The summed E-state index contributed by atoms with van der Waals surface area (Å²) < 4.78 is 0. The third kappa shape index (κ3) is 4.78. The van der Waals surface area contributed by atoms with Crippen LogP contribution in [0, 0.1) is 24.2 Å². The molecular weight excluding hydrogens is 416 g/mol. The molecule has 2 heterocycles. The SMILES string of the molecule is Cc1ccc(C(=O)Nc2sc3c(c2C(=O)N2CCC(C)CC2)CCC(C(C)(C)C)C3)cc1. The van der Waals surface area contributed by atoms with Crippen LogP contribution in [0.15, 0.2) is 24.3 Å². The van der Waals surface area contributed by atoms with Gasteiger partial charge in [0.25, 0.3) is 11.8 Å². The Morgan fingerprint density at radius 1 is 1.06 bits per heavy atom. The summed E-state index contributed by atoms with van der Waals surface area (Å²) >= 11 is 1.62. The van der Waals surface area contributed by atoms with Gasteiger partial charge in [-0.25, -0.2) is 0 Å². The highest BCUT2D eigenvalue weighted by molar-refractivity contribution is 7.17. The highest BCUT2D eigenvalue weighted by Gasteiger charge is 2.35. The van der Waals surface area contributed by atoms with Crippen molar-refractivity contribution < 1.29 is 9.59 Å². The number of nitrogens with zero attached hydrogens (tertiary/aromatic N) is 1. The van der Waals surface area contributed by atoms with E-state index in [1.165, 1.54) is 10.4 Å². The molecule has 0 spiro atoms. The second kappa shape index (κ2) is 9.01. The third-order valence-electron chi connectivity index (χ3n) is 7.32. The first kappa shape index (κ1) is 23.0. The Labute approximate surface area is 196 Å². The van der Waals surface area contributed by atoms with E-state index in [9.17, 15) is 9.59 Å². The first-order valence-corrected chi connectivity index (χ1v) is 12.8. The van der Waals surface area contributed by atoms with Crippen LogP contribution in [0.4, 0.5) is 5.00 Å². The maximum Gasteiger partial charge on any atom is 0.257 e. The van der Waals surface area contributed by atoms with E-state index in [-0.39, 0.29) is 17.2 Å². The summed E-state index contributed by atoms with van der Waals surface area (Å²) in [7, 11) is 0. The molecule has 0 radical (unpaired) electrons. The van der Waals surface area contributed by atoms with E-state index in [0.29, 0.717) is 17.4 Å². The van der Waals surface area contributed by atoms with Crippen molar-refractivity contribution in [2.45, 2.75) is 66.7 Å². The quantitative estimate of drug-likeness (QED) is 0.591. The van der Waals surface area contributed by atoms with Crippen LogP contribution in [0.3, 0.4) is 0 Å². The van der Waals surface area contributed by atoms with E-state index in [1.54, 1.807) is 11.3 Å². The standard InChI is InChI=1S/C27H36N2O2S/c1-17-6-8-19(9-7-17)24(30)28-25-23(26(31)29-14-12-18(2)13-15-29)21-11-10-20(27(3,4)5)16-22(21)32-25/h6-9,18,20H,10-16H2,1-5H3,(H,28,30). The van der Waals surface area contributed by atoms with E-state index in [2.05, 4.69) is 33.0 Å². The molecule has 1 unspecified atom stereocenters. The number of fused-ring (bicyclic) bond motifs is 1. The third-order valence-corrected chi connectivity index (χ3v) is 8.49. The van der Waals surface area contributed by atoms with Crippen molar-refractivity contribution in [3.63, 3.8) is 0 Å². The predicted octanol–water partition coefficient (Wildman–Crippen LogP) is 6.33. The van der Waals surface area contributed by atoms with Crippen molar-refractivity contribution >= 4 is 28.2 Å². The minimum atomic E-state index is -0.141. The van der Waals surface area contributed by atoms with Gasteiger partial charge >= 0.3 is 0 Å². The molecule has 1 aromatic carbocycles. The van der Waals surface area contributed by atoms with E-state index in [0.717, 1.165) is 61.3 Å². The average Bonchev–Trinajstić information content (AvgIpc) is 3.10. The highest BCUT2D eigenvalue weighted by atomic mass is 32.1. The molecule has 32 heavy (non-hydrogen) atoms. The number of rotatable bonds is 3. The lowest BCUT2D eigenvalue weighted by Gasteiger charge is -2.34. The topological polar surface area (TPSA) is 49.4 Å². The number of nitrogens with one attached hydrogen (secondary N) is 1. The lowest BCUT2D eigenvalue weighted by Crippen LogP contribution is -2.38. The van der Waals surface area contributed by atoms with Crippen LogP contribution in [-0.4, -0.2) is 29.8 Å². The van der Waals surface area contributed by atoms with Crippen LogP contribution >= 0.6 is 11.3 Å². The Morgan fingerprint density at radius 2 is 1.72 bits per heavy atom. The van der Waals surface area contributed by atoms with E-state index in [1.807, 2.05) is 36.1 Å². The molecule has 2 amide bonds. The molecule has 1 N–H and O–H groups in total. The second-order valence-corrected chi connectivity index (χ2v) is 11.9. The van der Waals surface area contributed by atoms with Gasteiger partial charge in [0.05, 0.1) is 5.56 Å². The van der Waals surface area contributed by atoms with Gasteiger partial charge < -0.3 is 10.2 Å². The fourth-order valence-corrected chi connectivity index (χ4v) is 6.20. The number of aryl methyl sites for hydroxylation is 1. The van der Waals surface area contributed by atoms with E-state index in [4.69, 9.17) is 0 Å². The summed E-state index contributed by atoms with van der Waals surface area (Å²) in [6.07, 6.45) is 5.10. The van der Waals surface area contributed by atoms with Gasteiger partial charge in [-0.05, 0) is 74.0 Å². The number of hydrogen-bond acceptors (Lipinski definition) is 3. The van der Waals surface area contributed by atoms with Crippen LogP contribution in [0.2, 0.25) is 0 Å². The normalized spacial score (nSPS) is 19.5. The smallest absolute Gasteiger partial charge is 0.257 e. The molecule has 172 valence electrons. The largest absolute Gasteiger partial charge is 0.339 e. The number of piperidine rings is 1. The lowest BCUT2D eigenvalue weighted by atomic mass is 9.72. The number of carbonyl (C=O) groups excluding carboxylic acids is 2. The molecule has 1 fully saturated rings. The van der Waals surface area contributed by atoms with Gasteiger partial charge in [-0.15, -0.1) is 11.3 Å². The minimum absolute atomic E-state index is 0.0998. The lowest BCUT2D eigenvalue weighted by molar-refractivity contribution is 0.0697. The zero-order valence-corrected chi connectivity index (χ0v) is 20.9. The Morgan fingerprint density at radius 3 is 2.34 bits per heavy atom. The molecule has 0 saturated carbocycles. The van der Waals surface area contributed by atoms with Crippen LogP contribution in [0.5, 0.6) is 0 Å². The molecule has 4 nitrogen and oxygen atoms in total. The Hall–Kier alpha value is -2.14. The summed E-state index contributed by atoms with van der Waals surface area (Å²) in [4.78, 5) is 30.0. The van der Waals surface area contributed by atoms with Crippen molar-refractivity contribution in [1.82, 2.24) is 4.90 Å². The fraction of sp³-hybridized carbons (Fsp3) is 0.556. The van der Waals surface area contributed by atoms with Gasteiger partial charge in [-0.2, -0.15) is 0 Å². The second-order valence-electron chi connectivity index (χ2n) is 10.8. The van der Waals surface area contributed by atoms with Crippen LogP contribution in [0.1, 0.15) is 83.7 Å². The molecule has 1 aliphatic carbocycles. The molecule has 0 bridgehead atoms. The first-order chi connectivity index (χ1) is 15.1. The van der Waals surface area contributed by atoms with Crippen molar-refractivity contribution in [2.75, 3.05) is 18.4 Å². The monoisotopic (exact) mass is 452 g/mol. The molecular formula is C27H36N2O2S. The zero-order valence-electron chi connectivity index (χ0n) is 20.1. The summed E-state index contributed by atoms with van der Waals surface area (Å²) in [5.41, 5.74) is 3.92. The molecule has 1 saturated heterocycles. The van der Waals surface area contributed by atoms with Crippen molar-refractivity contribution in [1.29, 1.82) is 0 Å². The Kier molecular flexibility index (Phi) is 6.49. The predicted molar refractivity (Wildman–Crippen MR) is 133 cm³/mol. The number of hydrogen-bond donors (Lipinski definition) is 1. The molecule has 2 aromatic rings. The number of carbonyl (C=O) groups is 2. The molecule has 5 heteroatoms. The highest BCUT2D eigenvalue weighted by Crippen LogP contribution is 2.45. The summed E-state index contributed by atoms with van der Waals surface area (Å²) in [5, 5.41) is 3.85. The fourth-order valence-electron chi connectivity index (χ4n) is 4.89.